The van der Waals surface area contributed by atoms with Crippen molar-refractivity contribution in [3.05, 3.63) is 29.8 Å². The van der Waals surface area contributed by atoms with Crippen molar-refractivity contribution in [2.45, 2.75) is 25.7 Å². The van der Waals surface area contributed by atoms with Gasteiger partial charge in [0.25, 0.3) is 0 Å². The molecule has 0 saturated heterocycles. The Morgan fingerprint density at radius 1 is 1.16 bits per heavy atom. The van der Waals surface area contributed by atoms with Crippen LogP contribution < -0.4 is 10.5 Å². The summed E-state index contributed by atoms with van der Waals surface area (Å²) < 4.78 is 11.1. The summed E-state index contributed by atoms with van der Waals surface area (Å²) in [5.74, 6) is 1.73. The SMILES string of the molecule is NC(=S)c1ccc(OCCOCCC2CCC2)cc1. The Morgan fingerprint density at radius 3 is 2.47 bits per heavy atom. The normalized spacial score (nSPS) is 14.9. The van der Waals surface area contributed by atoms with E-state index in [1.807, 2.05) is 24.3 Å². The monoisotopic (exact) mass is 279 g/mol. The Hall–Kier alpha value is -1.13. The average molecular weight is 279 g/mol. The number of rotatable bonds is 8. The first-order valence-electron chi connectivity index (χ1n) is 6.86. The minimum absolute atomic E-state index is 0.408. The zero-order valence-electron chi connectivity index (χ0n) is 11.1. The van der Waals surface area contributed by atoms with Gasteiger partial charge in [0.1, 0.15) is 17.3 Å². The molecule has 1 aromatic carbocycles. The van der Waals surface area contributed by atoms with Crippen molar-refractivity contribution < 1.29 is 9.47 Å². The molecule has 0 amide bonds. The second kappa shape index (κ2) is 7.46. The first kappa shape index (κ1) is 14.3. The van der Waals surface area contributed by atoms with Crippen LogP contribution in [-0.4, -0.2) is 24.8 Å². The maximum atomic E-state index is 5.58. The van der Waals surface area contributed by atoms with E-state index in [4.69, 9.17) is 27.4 Å². The van der Waals surface area contributed by atoms with Crippen LogP contribution in [0.5, 0.6) is 5.75 Å². The maximum absolute atomic E-state index is 5.58. The van der Waals surface area contributed by atoms with Crippen LogP contribution in [0.2, 0.25) is 0 Å². The Kier molecular flexibility index (Phi) is 5.61. The lowest BCUT2D eigenvalue weighted by Crippen LogP contribution is -2.15. The van der Waals surface area contributed by atoms with E-state index in [9.17, 15) is 0 Å². The second-order valence-electron chi connectivity index (χ2n) is 4.94. The highest BCUT2D eigenvalue weighted by molar-refractivity contribution is 7.80. The molecule has 0 atom stereocenters. The van der Waals surface area contributed by atoms with E-state index in [1.54, 1.807) is 0 Å². The summed E-state index contributed by atoms with van der Waals surface area (Å²) in [6.07, 6.45) is 5.36. The molecule has 1 aliphatic carbocycles. The average Bonchev–Trinajstić information content (AvgIpc) is 2.36. The number of thiocarbonyl (C=S) groups is 1. The highest BCUT2D eigenvalue weighted by Gasteiger charge is 2.16. The van der Waals surface area contributed by atoms with Gasteiger partial charge in [0.05, 0.1) is 6.61 Å². The molecule has 104 valence electrons. The van der Waals surface area contributed by atoms with Crippen LogP contribution in [-0.2, 0) is 4.74 Å². The zero-order chi connectivity index (χ0) is 13.5. The Balaban J connectivity index is 1.55. The lowest BCUT2D eigenvalue weighted by atomic mass is 9.83. The molecule has 0 bridgehead atoms. The van der Waals surface area contributed by atoms with Crippen LogP contribution in [0.4, 0.5) is 0 Å². The van der Waals surface area contributed by atoms with E-state index >= 15 is 0 Å². The second-order valence-corrected chi connectivity index (χ2v) is 5.37. The van der Waals surface area contributed by atoms with Gasteiger partial charge < -0.3 is 15.2 Å². The van der Waals surface area contributed by atoms with Gasteiger partial charge in [0.15, 0.2) is 0 Å². The summed E-state index contributed by atoms with van der Waals surface area (Å²) in [4.78, 5) is 0.408. The van der Waals surface area contributed by atoms with E-state index in [0.717, 1.165) is 23.8 Å². The molecular formula is C15H21NO2S. The van der Waals surface area contributed by atoms with Gasteiger partial charge >= 0.3 is 0 Å². The van der Waals surface area contributed by atoms with Crippen LogP contribution in [0, 0.1) is 5.92 Å². The number of hydrogen-bond donors (Lipinski definition) is 1. The van der Waals surface area contributed by atoms with Crippen LogP contribution in [0.25, 0.3) is 0 Å². The van der Waals surface area contributed by atoms with Gasteiger partial charge in [-0.3, -0.25) is 0 Å². The summed E-state index contributed by atoms with van der Waals surface area (Å²) in [5.41, 5.74) is 6.39. The summed E-state index contributed by atoms with van der Waals surface area (Å²) in [7, 11) is 0. The largest absolute Gasteiger partial charge is 0.491 e. The summed E-state index contributed by atoms with van der Waals surface area (Å²) in [6.45, 7) is 2.08. The zero-order valence-corrected chi connectivity index (χ0v) is 12.0. The van der Waals surface area contributed by atoms with Crippen molar-refractivity contribution in [3.63, 3.8) is 0 Å². The van der Waals surface area contributed by atoms with Crippen molar-refractivity contribution in [2.24, 2.45) is 11.7 Å². The van der Waals surface area contributed by atoms with E-state index in [0.29, 0.717) is 18.2 Å². The molecule has 3 nitrogen and oxygen atoms in total. The third-order valence-electron chi connectivity index (χ3n) is 3.53. The fourth-order valence-electron chi connectivity index (χ4n) is 2.07. The minimum atomic E-state index is 0.408. The molecule has 0 aromatic heterocycles. The molecule has 1 aromatic rings. The molecule has 1 saturated carbocycles. The molecule has 4 heteroatoms. The Bertz CT molecular complexity index is 401. The fraction of sp³-hybridized carbons (Fsp3) is 0.533. The summed E-state index contributed by atoms with van der Waals surface area (Å²) in [5, 5.41) is 0. The van der Waals surface area contributed by atoms with Gasteiger partial charge in [0, 0.05) is 12.2 Å². The molecule has 0 aliphatic heterocycles. The van der Waals surface area contributed by atoms with Gasteiger partial charge in [-0.15, -0.1) is 0 Å². The molecule has 2 rings (SSSR count). The highest BCUT2D eigenvalue weighted by Crippen LogP contribution is 2.29. The number of ether oxygens (including phenoxy) is 2. The van der Waals surface area contributed by atoms with Crippen molar-refractivity contribution in [2.75, 3.05) is 19.8 Å². The smallest absolute Gasteiger partial charge is 0.119 e. The van der Waals surface area contributed by atoms with Crippen molar-refractivity contribution in [1.29, 1.82) is 0 Å². The van der Waals surface area contributed by atoms with E-state index < -0.39 is 0 Å². The third-order valence-corrected chi connectivity index (χ3v) is 3.77. The number of nitrogens with two attached hydrogens (primary N) is 1. The predicted octanol–water partition coefficient (Wildman–Crippen LogP) is 2.91. The van der Waals surface area contributed by atoms with E-state index in [2.05, 4.69) is 0 Å². The Labute approximate surface area is 120 Å². The molecule has 1 aliphatic rings. The topological polar surface area (TPSA) is 44.5 Å². The molecule has 0 unspecified atom stereocenters. The third kappa shape index (κ3) is 4.80. The van der Waals surface area contributed by atoms with Crippen LogP contribution in [0.1, 0.15) is 31.2 Å². The van der Waals surface area contributed by atoms with Gasteiger partial charge in [-0.05, 0) is 36.6 Å². The maximum Gasteiger partial charge on any atom is 0.119 e. The van der Waals surface area contributed by atoms with E-state index in [1.165, 1.54) is 25.7 Å². The standard InChI is InChI=1S/C15H21NO2S/c16-15(19)13-4-6-14(7-5-13)18-11-10-17-9-8-12-2-1-3-12/h4-7,12H,1-3,8-11H2,(H2,16,19). The van der Waals surface area contributed by atoms with Gasteiger partial charge in [-0.1, -0.05) is 31.5 Å². The molecule has 0 spiro atoms. The van der Waals surface area contributed by atoms with Crippen LogP contribution in [0.15, 0.2) is 24.3 Å². The van der Waals surface area contributed by atoms with Crippen LogP contribution >= 0.6 is 12.2 Å². The molecule has 0 radical (unpaired) electrons. The number of benzene rings is 1. The summed E-state index contributed by atoms with van der Waals surface area (Å²) >= 11 is 4.89. The van der Waals surface area contributed by atoms with E-state index in [-0.39, 0.29) is 0 Å². The van der Waals surface area contributed by atoms with Gasteiger partial charge in [-0.2, -0.15) is 0 Å². The number of hydrogen-bond acceptors (Lipinski definition) is 3. The highest BCUT2D eigenvalue weighted by atomic mass is 32.1. The first-order chi connectivity index (χ1) is 9.25. The minimum Gasteiger partial charge on any atom is -0.491 e. The summed E-state index contributed by atoms with van der Waals surface area (Å²) in [6, 6.07) is 7.50. The molecule has 0 heterocycles. The van der Waals surface area contributed by atoms with Crippen molar-refractivity contribution in [1.82, 2.24) is 0 Å². The van der Waals surface area contributed by atoms with Crippen molar-refractivity contribution in [3.8, 4) is 5.75 Å². The quantitative estimate of drug-likeness (QED) is 0.587. The molecular weight excluding hydrogens is 258 g/mol. The van der Waals surface area contributed by atoms with Gasteiger partial charge in [-0.25, -0.2) is 0 Å². The fourth-order valence-corrected chi connectivity index (χ4v) is 2.20. The molecule has 19 heavy (non-hydrogen) atoms. The predicted molar refractivity (Wildman–Crippen MR) is 80.6 cm³/mol. The molecule has 1 fully saturated rings. The Morgan fingerprint density at radius 2 is 1.89 bits per heavy atom. The van der Waals surface area contributed by atoms with Crippen LogP contribution in [0.3, 0.4) is 0 Å². The molecule has 2 N–H and O–H groups in total. The first-order valence-corrected chi connectivity index (χ1v) is 7.27. The van der Waals surface area contributed by atoms with Crippen molar-refractivity contribution >= 4 is 17.2 Å². The lowest BCUT2D eigenvalue weighted by molar-refractivity contribution is 0.0812. The van der Waals surface area contributed by atoms with Gasteiger partial charge in [0.2, 0.25) is 0 Å². The lowest BCUT2D eigenvalue weighted by Gasteiger charge is -2.24.